The van der Waals surface area contributed by atoms with E-state index in [2.05, 4.69) is 10.3 Å². The third-order valence-corrected chi connectivity index (χ3v) is 6.79. The number of guanidine groups is 1. The highest BCUT2D eigenvalue weighted by Gasteiger charge is 2.40. The minimum Gasteiger partial charge on any atom is -0.489 e. The van der Waals surface area contributed by atoms with E-state index in [0.29, 0.717) is 19.6 Å². The summed E-state index contributed by atoms with van der Waals surface area (Å²) in [4.78, 5) is 6.69. The molecule has 1 N–H and O–H groups in total. The third kappa shape index (κ3) is 5.11. The smallest absolute Gasteiger partial charge is 0.194 e. The molecule has 1 aromatic carbocycles. The van der Waals surface area contributed by atoms with Crippen molar-refractivity contribution < 1.29 is 13.2 Å². The van der Waals surface area contributed by atoms with Gasteiger partial charge in [0.15, 0.2) is 15.8 Å². The number of rotatable bonds is 5. The number of aliphatic imine (C=N–C) groups is 1. The van der Waals surface area contributed by atoms with E-state index in [9.17, 15) is 8.42 Å². The van der Waals surface area contributed by atoms with Crippen molar-refractivity contribution in [3.8, 4) is 5.75 Å². The maximum atomic E-state index is 12.2. The summed E-state index contributed by atoms with van der Waals surface area (Å²) in [6, 6.07) is 9.66. The Morgan fingerprint density at radius 3 is 2.64 bits per heavy atom. The van der Waals surface area contributed by atoms with Gasteiger partial charge >= 0.3 is 0 Å². The molecule has 25 heavy (non-hydrogen) atoms. The molecule has 1 aliphatic rings. The minimum absolute atomic E-state index is 0.0717. The molecule has 0 spiro atoms. The van der Waals surface area contributed by atoms with E-state index in [4.69, 9.17) is 4.74 Å². The highest BCUT2D eigenvalue weighted by atomic mass is 32.2. The first-order chi connectivity index (χ1) is 11.7. The molecular formula is C18H29N3O3S. The molecule has 1 aromatic rings. The molecule has 1 heterocycles. The molecule has 1 aliphatic heterocycles. The van der Waals surface area contributed by atoms with Gasteiger partial charge in [0.2, 0.25) is 0 Å². The minimum atomic E-state index is -3.06. The van der Waals surface area contributed by atoms with E-state index in [1.54, 1.807) is 13.8 Å². The highest BCUT2D eigenvalue weighted by molar-refractivity contribution is 7.92. The first kappa shape index (κ1) is 19.6. The zero-order valence-electron chi connectivity index (χ0n) is 15.5. The van der Waals surface area contributed by atoms with Crippen LogP contribution >= 0.6 is 0 Å². The van der Waals surface area contributed by atoms with Gasteiger partial charge in [0.1, 0.15) is 11.9 Å². The number of benzene rings is 1. The van der Waals surface area contributed by atoms with Crippen molar-refractivity contribution in [2.75, 3.05) is 31.9 Å². The predicted molar refractivity (Wildman–Crippen MR) is 102 cm³/mol. The second-order valence-corrected chi connectivity index (χ2v) is 9.68. The van der Waals surface area contributed by atoms with Crippen LogP contribution in [-0.4, -0.2) is 62.1 Å². The standard InChI is InChI=1S/C18H29N3O3S/c1-5-19-17(21-11-12-25(22,23)18(3,4)14-21)20-13-15(2)24-16-9-7-6-8-10-16/h6-10,15H,5,11-14H2,1-4H3,(H,19,20). The average molecular weight is 368 g/mol. The molecule has 0 amide bonds. The van der Waals surface area contributed by atoms with Gasteiger partial charge in [0.25, 0.3) is 0 Å². The topological polar surface area (TPSA) is 71.0 Å². The van der Waals surface area contributed by atoms with Crippen LogP contribution in [0.2, 0.25) is 0 Å². The van der Waals surface area contributed by atoms with Gasteiger partial charge in [-0.3, -0.25) is 0 Å². The van der Waals surface area contributed by atoms with Crippen LogP contribution in [0.4, 0.5) is 0 Å². The van der Waals surface area contributed by atoms with E-state index in [-0.39, 0.29) is 11.9 Å². The van der Waals surface area contributed by atoms with Gasteiger partial charge in [-0.2, -0.15) is 0 Å². The normalized spacial score (nSPS) is 20.8. The van der Waals surface area contributed by atoms with Gasteiger partial charge in [-0.25, -0.2) is 13.4 Å². The molecule has 140 valence electrons. The van der Waals surface area contributed by atoms with Crippen LogP contribution in [-0.2, 0) is 9.84 Å². The lowest BCUT2D eigenvalue weighted by Crippen LogP contribution is -2.57. The molecule has 0 aromatic heterocycles. The Kier molecular flexibility index (Phi) is 6.32. The van der Waals surface area contributed by atoms with Crippen molar-refractivity contribution in [2.45, 2.75) is 38.5 Å². The Balaban J connectivity index is 2.03. The number of nitrogens with one attached hydrogen (secondary N) is 1. The first-order valence-electron chi connectivity index (χ1n) is 8.72. The molecule has 1 fully saturated rings. The first-order valence-corrected chi connectivity index (χ1v) is 10.4. The van der Waals surface area contributed by atoms with Crippen LogP contribution in [0.1, 0.15) is 27.7 Å². The molecular weight excluding hydrogens is 338 g/mol. The van der Waals surface area contributed by atoms with E-state index in [1.165, 1.54) is 0 Å². The summed E-state index contributed by atoms with van der Waals surface area (Å²) in [6.07, 6.45) is -0.0717. The number of ether oxygens (including phenoxy) is 1. The van der Waals surface area contributed by atoms with E-state index in [1.807, 2.05) is 49.1 Å². The van der Waals surface area contributed by atoms with Crippen molar-refractivity contribution in [1.29, 1.82) is 0 Å². The van der Waals surface area contributed by atoms with Crippen LogP contribution in [0.25, 0.3) is 0 Å². The Morgan fingerprint density at radius 1 is 1.36 bits per heavy atom. The van der Waals surface area contributed by atoms with Crippen LogP contribution in [0.3, 0.4) is 0 Å². The summed E-state index contributed by atoms with van der Waals surface area (Å²) >= 11 is 0. The lowest BCUT2D eigenvalue weighted by Gasteiger charge is -2.39. The van der Waals surface area contributed by atoms with Crippen LogP contribution in [0, 0.1) is 0 Å². The Bertz CT molecular complexity index is 687. The molecule has 0 saturated carbocycles. The molecule has 0 radical (unpaired) electrons. The number of para-hydroxylation sites is 1. The van der Waals surface area contributed by atoms with Gasteiger partial charge < -0.3 is 15.0 Å². The Labute approximate surface area is 151 Å². The average Bonchev–Trinajstić information content (AvgIpc) is 2.55. The van der Waals surface area contributed by atoms with Crippen LogP contribution in [0.5, 0.6) is 5.75 Å². The zero-order valence-corrected chi connectivity index (χ0v) is 16.3. The highest BCUT2D eigenvalue weighted by Crippen LogP contribution is 2.23. The van der Waals surface area contributed by atoms with E-state index in [0.717, 1.165) is 18.3 Å². The quantitative estimate of drug-likeness (QED) is 0.636. The fourth-order valence-corrected chi connectivity index (χ4v) is 4.10. The molecule has 2 rings (SSSR count). The summed E-state index contributed by atoms with van der Waals surface area (Å²) in [7, 11) is -3.06. The maximum absolute atomic E-state index is 12.2. The molecule has 0 bridgehead atoms. The van der Waals surface area contributed by atoms with Crippen molar-refractivity contribution in [3.63, 3.8) is 0 Å². The summed E-state index contributed by atoms with van der Waals surface area (Å²) in [5.41, 5.74) is 0. The summed E-state index contributed by atoms with van der Waals surface area (Å²) in [6.45, 7) is 9.67. The van der Waals surface area contributed by atoms with Crippen molar-refractivity contribution in [1.82, 2.24) is 10.2 Å². The Hall–Kier alpha value is -1.76. The zero-order chi connectivity index (χ0) is 18.5. The van der Waals surface area contributed by atoms with Crippen LogP contribution in [0.15, 0.2) is 35.3 Å². The van der Waals surface area contributed by atoms with Crippen molar-refractivity contribution in [2.24, 2.45) is 4.99 Å². The SMILES string of the molecule is CCNC(=NCC(C)Oc1ccccc1)N1CCS(=O)(=O)C(C)(C)C1. The maximum Gasteiger partial charge on any atom is 0.194 e. The van der Waals surface area contributed by atoms with Crippen LogP contribution < -0.4 is 10.1 Å². The van der Waals surface area contributed by atoms with Gasteiger partial charge in [-0.1, -0.05) is 18.2 Å². The molecule has 7 heteroatoms. The second kappa shape index (κ2) is 8.08. The number of hydrogen-bond acceptors (Lipinski definition) is 4. The summed E-state index contributed by atoms with van der Waals surface area (Å²) in [5.74, 6) is 1.72. The fraction of sp³-hybridized carbons (Fsp3) is 0.611. The van der Waals surface area contributed by atoms with Gasteiger partial charge in [-0.15, -0.1) is 0 Å². The van der Waals surface area contributed by atoms with Crippen molar-refractivity contribution >= 4 is 15.8 Å². The molecule has 6 nitrogen and oxygen atoms in total. The predicted octanol–water partition coefficient (Wildman–Crippen LogP) is 1.93. The molecule has 1 atom stereocenters. The Morgan fingerprint density at radius 2 is 2.04 bits per heavy atom. The van der Waals surface area contributed by atoms with Crippen molar-refractivity contribution in [3.05, 3.63) is 30.3 Å². The fourth-order valence-electron chi connectivity index (χ4n) is 2.73. The lowest BCUT2D eigenvalue weighted by molar-refractivity contribution is 0.229. The second-order valence-electron chi connectivity index (χ2n) is 6.94. The van der Waals surface area contributed by atoms with Gasteiger partial charge in [-0.05, 0) is 39.8 Å². The number of hydrogen-bond donors (Lipinski definition) is 1. The lowest BCUT2D eigenvalue weighted by atomic mass is 10.2. The summed E-state index contributed by atoms with van der Waals surface area (Å²) in [5, 5.41) is 3.26. The van der Waals surface area contributed by atoms with E-state index >= 15 is 0 Å². The largest absolute Gasteiger partial charge is 0.489 e. The molecule has 1 saturated heterocycles. The molecule has 0 aliphatic carbocycles. The monoisotopic (exact) mass is 367 g/mol. The summed E-state index contributed by atoms with van der Waals surface area (Å²) < 4.78 is 29.5. The number of sulfone groups is 1. The van der Waals surface area contributed by atoms with E-state index < -0.39 is 14.6 Å². The molecule has 1 unspecified atom stereocenters. The van der Waals surface area contributed by atoms with Gasteiger partial charge in [0.05, 0.1) is 17.0 Å². The number of nitrogens with zero attached hydrogens (tertiary/aromatic N) is 2. The third-order valence-electron chi connectivity index (χ3n) is 4.26. The van der Waals surface area contributed by atoms with Gasteiger partial charge in [0, 0.05) is 19.6 Å².